The van der Waals surface area contributed by atoms with Crippen molar-refractivity contribution >= 4 is 28.1 Å². The summed E-state index contributed by atoms with van der Waals surface area (Å²) in [6, 6.07) is 17.9. The van der Waals surface area contributed by atoms with Gasteiger partial charge in [-0.25, -0.2) is 19.3 Å². The molecule has 0 aliphatic heterocycles. The van der Waals surface area contributed by atoms with Crippen LogP contribution in [-0.2, 0) is 13.0 Å². The van der Waals surface area contributed by atoms with Crippen molar-refractivity contribution in [2.45, 2.75) is 13.0 Å². The second-order valence-corrected chi connectivity index (χ2v) is 7.41. The van der Waals surface area contributed by atoms with Crippen LogP contribution in [0.5, 0.6) is 5.75 Å². The third-order valence-corrected chi connectivity index (χ3v) is 5.27. The van der Waals surface area contributed by atoms with Crippen molar-refractivity contribution in [3.05, 3.63) is 95.3 Å². The van der Waals surface area contributed by atoms with Crippen molar-refractivity contribution < 1.29 is 18.3 Å². The van der Waals surface area contributed by atoms with Crippen LogP contribution in [-0.4, -0.2) is 28.0 Å². The highest BCUT2D eigenvalue weighted by atomic mass is 19.1. The fraction of sp³-hybridized carbons (Fsp3) is 0.120. The van der Waals surface area contributed by atoms with Gasteiger partial charge in [0.25, 0.3) is 5.91 Å². The van der Waals surface area contributed by atoms with Gasteiger partial charge in [-0.3, -0.25) is 4.79 Å². The molecule has 0 saturated carbocycles. The predicted molar refractivity (Wildman–Crippen MR) is 120 cm³/mol. The van der Waals surface area contributed by atoms with Gasteiger partial charge < -0.3 is 14.5 Å². The number of hydrogen-bond acceptors (Lipinski definition) is 6. The molecule has 0 unspecified atom stereocenters. The number of fused-ring (bicyclic) bond motifs is 3. The van der Waals surface area contributed by atoms with E-state index in [0.717, 1.165) is 5.56 Å². The monoisotopic (exact) mass is 442 g/mol. The Hall–Kier alpha value is -4.33. The minimum absolute atomic E-state index is 0.00430. The molecular weight excluding hydrogens is 423 g/mol. The van der Waals surface area contributed by atoms with E-state index in [-0.39, 0.29) is 18.1 Å². The molecule has 7 nitrogen and oxygen atoms in total. The Kier molecular flexibility index (Phi) is 5.40. The Morgan fingerprint density at radius 2 is 1.91 bits per heavy atom. The molecule has 3 aromatic heterocycles. The van der Waals surface area contributed by atoms with Crippen LogP contribution in [0.1, 0.15) is 27.4 Å². The summed E-state index contributed by atoms with van der Waals surface area (Å²) in [5.74, 6) is -0.901. The quantitative estimate of drug-likeness (QED) is 0.418. The highest BCUT2D eigenvalue weighted by Gasteiger charge is 2.20. The van der Waals surface area contributed by atoms with Crippen LogP contribution < -0.4 is 10.1 Å². The Morgan fingerprint density at radius 3 is 2.73 bits per heavy atom. The van der Waals surface area contributed by atoms with E-state index >= 15 is 0 Å². The van der Waals surface area contributed by atoms with Crippen LogP contribution in [0, 0.1) is 5.82 Å². The van der Waals surface area contributed by atoms with Gasteiger partial charge in [0.15, 0.2) is 17.1 Å². The van der Waals surface area contributed by atoms with Crippen LogP contribution in [0.15, 0.2) is 71.3 Å². The molecule has 5 aromatic rings. The normalized spacial score (nSPS) is 11.1. The molecule has 5 rings (SSSR count). The second kappa shape index (κ2) is 8.66. The maximum Gasteiger partial charge on any atom is 0.289 e. The largest absolute Gasteiger partial charge is 0.493 e. The van der Waals surface area contributed by atoms with Crippen molar-refractivity contribution in [1.29, 1.82) is 0 Å². The van der Waals surface area contributed by atoms with Crippen molar-refractivity contribution in [3.63, 3.8) is 0 Å². The Balaban J connectivity index is 1.53. The first-order chi connectivity index (χ1) is 16.1. The SMILES string of the molecule is COc1c(F)cccc1CNC(=O)c1nc(Cc2ccccc2)c2oc3ncccc3c2n1. The number of furan rings is 1. The second-order valence-electron chi connectivity index (χ2n) is 7.41. The van der Waals surface area contributed by atoms with Crippen LogP contribution in [0.25, 0.3) is 22.2 Å². The van der Waals surface area contributed by atoms with Crippen LogP contribution >= 0.6 is 0 Å². The number of carbonyl (C=O) groups excluding carboxylic acids is 1. The van der Waals surface area contributed by atoms with E-state index in [1.165, 1.54) is 13.2 Å². The van der Waals surface area contributed by atoms with E-state index in [2.05, 4.69) is 20.3 Å². The number of ether oxygens (including phenoxy) is 1. The predicted octanol–water partition coefficient (Wildman–Crippen LogP) is 4.44. The molecule has 2 aromatic carbocycles. The minimum atomic E-state index is -0.496. The number of hydrogen-bond donors (Lipinski definition) is 1. The summed E-state index contributed by atoms with van der Waals surface area (Å²) in [5.41, 5.74) is 3.55. The highest BCUT2D eigenvalue weighted by molar-refractivity contribution is 6.03. The fourth-order valence-corrected chi connectivity index (χ4v) is 3.72. The van der Waals surface area contributed by atoms with Crippen molar-refractivity contribution in [3.8, 4) is 5.75 Å². The standard InChI is InChI=1S/C25H19FN4O3/c1-32-21-16(9-5-11-18(21)26)14-28-24(31)23-29-19(13-15-7-3-2-4-8-15)22-20(30-23)17-10-6-12-27-25(17)33-22/h2-12H,13-14H2,1H3,(H,28,31). The molecule has 0 radical (unpaired) electrons. The first-order valence-corrected chi connectivity index (χ1v) is 10.3. The number of methoxy groups -OCH3 is 1. The molecule has 0 spiro atoms. The van der Waals surface area contributed by atoms with E-state index in [4.69, 9.17) is 9.15 Å². The molecule has 0 aliphatic carbocycles. The third kappa shape index (κ3) is 3.98. The lowest BCUT2D eigenvalue weighted by Crippen LogP contribution is -2.25. The van der Waals surface area contributed by atoms with Gasteiger partial charge in [-0.15, -0.1) is 0 Å². The third-order valence-electron chi connectivity index (χ3n) is 5.27. The summed E-state index contributed by atoms with van der Waals surface area (Å²) < 4.78 is 25.0. The lowest BCUT2D eigenvalue weighted by molar-refractivity contribution is 0.0940. The lowest BCUT2D eigenvalue weighted by atomic mass is 10.1. The number of rotatable bonds is 6. The van der Waals surface area contributed by atoms with Gasteiger partial charge in [0.1, 0.15) is 5.52 Å². The average Bonchev–Trinajstić information content (AvgIpc) is 3.22. The number of benzene rings is 2. The van der Waals surface area contributed by atoms with Gasteiger partial charge in [0, 0.05) is 24.7 Å². The van der Waals surface area contributed by atoms with Gasteiger partial charge in [-0.05, 0) is 23.8 Å². The zero-order valence-corrected chi connectivity index (χ0v) is 17.7. The Bertz CT molecular complexity index is 1470. The maximum atomic E-state index is 14.0. The molecule has 0 saturated heterocycles. The van der Waals surface area contributed by atoms with Gasteiger partial charge in [-0.1, -0.05) is 42.5 Å². The first-order valence-electron chi connectivity index (χ1n) is 10.3. The molecule has 164 valence electrons. The van der Waals surface area contributed by atoms with Crippen LogP contribution in [0.2, 0.25) is 0 Å². The first kappa shape index (κ1) is 20.6. The van der Waals surface area contributed by atoms with E-state index < -0.39 is 11.7 Å². The Morgan fingerprint density at radius 1 is 1.06 bits per heavy atom. The number of nitrogens with zero attached hydrogens (tertiary/aromatic N) is 3. The summed E-state index contributed by atoms with van der Waals surface area (Å²) in [7, 11) is 1.38. The van der Waals surface area contributed by atoms with Crippen molar-refractivity contribution in [2.24, 2.45) is 0 Å². The molecule has 3 heterocycles. The van der Waals surface area contributed by atoms with Crippen molar-refractivity contribution in [2.75, 3.05) is 7.11 Å². The summed E-state index contributed by atoms with van der Waals surface area (Å²) in [6.07, 6.45) is 2.09. The molecular formula is C25H19FN4O3. The van der Waals surface area contributed by atoms with Gasteiger partial charge in [0.05, 0.1) is 18.2 Å². The number of halogens is 1. The van der Waals surface area contributed by atoms with E-state index in [9.17, 15) is 9.18 Å². The summed E-state index contributed by atoms with van der Waals surface area (Å²) in [6.45, 7) is 0.0584. The molecule has 0 fully saturated rings. The van der Waals surface area contributed by atoms with Crippen LogP contribution in [0.3, 0.4) is 0 Å². The molecule has 33 heavy (non-hydrogen) atoms. The van der Waals surface area contributed by atoms with Crippen LogP contribution in [0.4, 0.5) is 4.39 Å². The van der Waals surface area contributed by atoms with E-state index in [0.29, 0.717) is 39.9 Å². The zero-order chi connectivity index (χ0) is 22.8. The number of para-hydroxylation sites is 1. The van der Waals surface area contributed by atoms with Gasteiger partial charge >= 0.3 is 0 Å². The molecule has 0 bridgehead atoms. The summed E-state index contributed by atoms with van der Waals surface area (Å²) >= 11 is 0. The minimum Gasteiger partial charge on any atom is -0.493 e. The van der Waals surface area contributed by atoms with Gasteiger partial charge in [-0.2, -0.15) is 0 Å². The summed E-state index contributed by atoms with van der Waals surface area (Å²) in [4.78, 5) is 26.2. The van der Waals surface area contributed by atoms with Gasteiger partial charge in [0.2, 0.25) is 11.5 Å². The zero-order valence-electron chi connectivity index (χ0n) is 17.7. The number of pyridine rings is 1. The molecule has 8 heteroatoms. The number of nitrogens with one attached hydrogen (secondary N) is 1. The lowest BCUT2D eigenvalue weighted by Gasteiger charge is -2.10. The van der Waals surface area contributed by atoms with Crippen molar-refractivity contribution in [1.82, 2.24) is 20.3 Å². The molecule has 0 atom stereocenters. The number of aromatic nitrogens is 3. The molecule has 0 aliphatic rings. The molecule has 1 N–H and O–H groups in total. The number of amides is 1. The maximum absolute atomic E-state index is 14.0. The summed E-state index contributed by atoms with van der Waals surface area (Å²) in [5, 5.41) is 3.46. The average molecular weight is 442 g/mol. The topological polar surface area (TPSA) is 90.1 Å². The Labute approximate surface area is 188 Å². The fourth-order valence-electron chi connectivity index (χ4n) is 3.72. The van der Waals surface area contributed by atoms with E-state index in [1.54, 1.807) is 24.4 Å². The smallest absolute Gasteiger partial charge is 0.289 e. The van der Waals surface area contributed by atoms with E-state index in [1.807, 2.05) is 36.4 Å². The highest BCUT2D eigenvalue weighted by Crippen LogP contribution is 2.29. The molecule has 1 amide bonds. The number of carbonyl (C=O) groups is 1.